The van der Waals surface area contributed by atoms with Crippen molar-refractivity contribution in [1.82, 2.24) is 20.0 Å². The molecule has 1 aromatic heterocycles. The van der Waals surface area contributed by atoms with Crippen LogP contribution in [0.4, 0.5) is 0 Å². The van der Waals surface area contributed by atoms with E-state index in [9.17, 15) is 14.4 Å². The van der Waals surface area contributed by atoms with Crippen LogP contribution >= 0.6 is 0 Å². The van der Waals surface area contributed by atoms with E-state index in [0.717, 1.165) is 31.2 Å². The summed E-state index contributed by atoms with van der Waals surface area (Å²) in [6.07, 6.45) is 4.03. The summed E-state index contributed by atoms with van der Waals surface area (Å²) in [5, 5.41) is 7.38. The SMILES string of the molecule is COC(=O)c1cc2n(n1)C[C@@](C)(C(=O)NC1CCCC1)N(Cc1ccccc1OC)C2=O. The Hall–Kier alpha value is -3.36. The molecule has 0 radical (unpaired) electrons. The first kappa shape index (κ1) is 21.9. The van der Waals surface area contributed by atoms with Crippen LogP contribution in [-0.2, 0) is 22.6 Å². The fourth-order valence-corrected chi connectivity index (χ4v) is 4.51. The van der Waals surface area contributed by atoms with Crippen LogP contribution in [-0.4, -0.2) is 58.3 Å². The summed E-state index contributed by atoms with van der Waals surface area (Å²) in [4.78, 5) is 40.7. The van der Waals surface area contributed by atoms with E-state index in [2.05, 4.69) is 10.4 Å². The number of nitrogens with zero attached hydrogens (tertiary/aromatic N) is 3. The Kier molecular flexibility index (Phi) is 5.90. The molecular weight excluding hydrogens is 412 g/mol. The number of esters is 1. The third-order valence-corrected chi connectivity index (χ3v) is 6.39. The van der Waals surface area contributed by atoms with Crippen molar-refractivity contribution >= 4 is 17.8 Å². The second-order valence-corrected chi connectivity index (χ2v) is 8.50. The fraction of sp³-hybridized carbons (Fsp3) is 0.478. The number of carbonyl (C=O) groups is 3. The molecule has 32 heavy (non-hydrogen) atoms. The molecule has 0 spiro atoms. The van der Waals surface area contributed by atoms with Crippen LogP contribution in [0.15, 0.2) is 30.3 Å². The lowest BCUT2D eigenvalue weighted by atomic mass is 9.93. The normalized spacial score (nSPS) is 20.7. The van der Waals surface area contributed by atoms with E-state index < -0.39 is 11.5 Å². The Labute approximate surface area is 186 Å². The Morgan fingerprint density at radius 2 is 1.94 bits per heavy atom. The van der Waals surface area contributed by atoms with Crippen LogP contribution in [0, 0.1) is 0 Å². The molecule has 0 unspecified atom stereocenters. The van der Waals surface area contributed by atoms with Crippen LogP contribution in [0.3, 0.4) is 0 Å². The molecule has 9 nitrogen and oxygen atoms in total. The van der Waals surface area contributed by atoms with Gasteiger partial charge in [0.15, 0.2) is 5.69 Å². The molecule has 2 aromatic rings. The lowest BCUT2D eigenvalue weighted by Gasteiger charge is -2.43. The van der Waals surface area contributed by atoms with E-state index in [1.54, 1.807) is 18.9 Å². The number of aromatic nitrogens is 2. The van der Waals surface area contributed by atoms with Gasteiger partial charge in [0, 0.05) is 17.7 Å². The predicted molar refractivity (Wildman–Crippen MR) is 115 cm³/mol. The molecule has 1 saturated carbocycles. The molecule has 4 rings (SSSR count). The molecule has 1 atom stereocenters. The summed E-state index contributed by atoms with van der Waals surface area (Å²) < 4.78 is 11.6. The molecular formula is C23H28N4O5. The molecule has 1 aliphatic heterocycles. The van der Waals surface area contributed by atoms with Crippen molar-refractivity contribution in [2.75, 3.05) is 14.2 Å². The van der Waals surface area contributed by atoms with Crippen molar-refractivity contribution < 1.29 is 23.9 Å². The summed E-state index contributed by atoms with van der Waals surface area (Å²) >= 11 is 0. The van der Waals surface area contributed by atoms with Gasteiger partial charge in [0.05, 0.1) is 27.3 Å². The zero-order chi connectivity index (χ0) is 22.9. The lowest BCUT2D eigenvalue weighted by Crippen LogP contribution is -2.64. The van der Waals surface area contributed by atoms with E-state index in [0.29, 0.717) is 5.75 Å². The van der Waals surface area contributed by atoms with Gasteiger partial charge in [-0.1, -0.05) is 31.0 Å². The van der Waals surface area contributed by atoms with Gasteiger partial charge >= 0.3 is 5.97 Å². The lowest BCUT2D eigenvalue weighted by molar-refractivity contribution is -0.134. The number of para-hydroxylation sites is 1. The van der Waals surface area contributed by atoms with Crippen LogP contribution < -0.4 is 10.1 Å². The fourth-order valence-electron chi connectivity index (χ4n) is 4.51. The van der Waals surface area contributed by atoms with Gasteiger partial charge in [-0.15, -0.1) is 0 Å². The number of rotatable bonds is 6. The zero-order valence-corrected chi connectivity index (χ0v) is 18.6. The summed E-state index contributed by atoms with van der Waals surface area (Å²) in [5.74, 6) is -0.608. The maximum absolute atomic E-state index is 13.6. The summed E-state index contributed by atoms with van der Waals surface area (Å²) in [7, 11) is 2.83. The number of methoxy groups -OCH3 is 2. The van der Waals surface area contributed by atoms with Crippen molar-refractivity contribution in [3.05, 3.63) is 47.3 Å². The second kappa shape index (κ2) is 8.64. The highest BCUT2D eigenvalue weighted by Crippen LogP contribution is 2.32. The van der Waals surface area contributed by atoms with E-state index in [4.69, 9.17) is 9.47 Å². The largest absolute Gasteiger partial charge is 0.496 e. The molecule has 0 bridgehead atoms. The van der Waals surface area contributed by atoms with Gasteiger partial charge in [-0.05, 0) is 25.8 Å². The minimum atomic E-state index is -1.20. The summed E-state index contributed by atoms with van der Waals surface area (Å²) in [6.45, 7) is 2.04. The van der Waals surface area contributed by atoms with Crippen molar-refractivity contribution in [2.24, 2.45) is 0 Å². The van der Waals surface area contributed by atoms with E-state index in [-0.39, 0.29) is 42.3 Å². The number of fused-ring (bicyclic) bond motifs is 1. The molecule has 2 heterocycles. The molecule has 1 fully saturated rings. The van der Waals surface area contributed by atoms with Crippen LogP contribution in [0.1, 0.15) is 59.1 Å². The number of carbonyl (C=O) groups excluding carboxylic acids is 3. The average molecular weight is 441 g/mol. The van der Waals surface area contributed by atoms with Crippen molar-refractivity contribution in [1.29, 1.82) is 0 Å². The number of amides is 2. The van der Waals surface area contributed by atoms with Gasteiger partial charge in [0.1, 0.15) is 17.0 Å². The Balaban J connectivity index is 1.73. The van der Waals surface area contributed by atoms with E-state index >= 15 is 0 Å². The minimum absolute atomic E-state index is 0.0357. The van der Waals surface area contributed by atoms with Gasteiger partial charge in [-0.3, -0.25) is 14.3 Å². The molecule has 0 saturated heterocycles. The first-order valence-corrected chi connectivity index (χ1v) is 10.8. The number of hydrogen-bond donors (Lipinski definition) is 1. The number of hydrogen-bond acceptors (Lipinski definition) is 6. The molecule has 9 heteroatoms. The van der Waals surface area contributed by atoms with Crippen LogP contribution in [0.25, 0.3) is 0 Å². The van der Waals surface area contributed by atoms with Crippen molar-refractivity contribution in [3.8, 4) is 5.75 Å². The predicted octanol–water partition coefficient (Wildman–Crippen LogP) is 2.15. The van der Waals surface area contributed by atoms with Gasteiger partial charge in [-0.25, -0.2) is 4.79 Å². The number of ether oxygens (including phenoxy) is 2. The molecule has 2 aliphatic rings. The summed E-state index contributed by atoms with van der Waals surface area (Å²) in [5.41, 5.74) is -0.142. The van der Waals surface area contributed by atoms with Gasteiger partial charge in [0.2, 0.25) is 5.91 Å². The Bertz CT molecular complexity index is 1040. The topological polar surface area (TPSA) is 103 Å². The number of benzene rings is 1. The first-order valence-electron chi connectivity index (χ1n) is 10.8. The molecule has 2 amide bonds. The van der Waals surface area contributed by atoms with Crippen molar-refractivity contribution in [3.63, 3.8) is 0 Å². The monoisotopic (exact) mass is 440 g/mol. The highest BCUT2D eigenvalue weighted by Gasteiger charge is 2.49. The number of nitrogens with one attached hydrogen (secondary N) is 1. The Morgan fingerprint density at radius 3 is 2.62 bits per heavy atom. The third-order valence-electron chi connectivity index (χ3n) is 6.39. The first-order chi connectivity index (χ1) is 15.4. The molecule has 170 valence electrons. The zero-order valence-electron chi connectivity index (χ0n) is 18.6. The summed E-state index contributed by atoms with van der Waals surface area (Å²) in [6, 6.07) is 8.92. The molecule has 1 N–H and O–H groups in total. The minimum Gasteiger partial charge on any atom is -0.496 e. The van der Waals surface area contributed by atoms with Crippen LogP contribution in [0.2, 0.25) is 0 Å². The van der Waals surface area contributed by atoms with Crippen LogP contribution in [0.5, 0.6) is 5.75 Å². The smallest absolute Gasteiger partial charge is 0.358 e. The van der Waals surface area contributed by atoms with Gasteiger partial charge in [0.25, 0.3) is 5.91 Å². The van der Waals surface area contributed by atoms with E-state index in [1.807, 2.05) is 24.3 Å². The highest BCUT2D eigenvalue weighted by molar-refractivity contribution is 6.01. The molecule has 1 aliphatic carbocycles. The van der Waals surface area contributed by atoms with Crippen molar-refractivity contribution in [2.45, 2.75) is 57.3 Å². The average Bonchev–Trinajstić information content (AvgIpc) is 3.46. The Morgan fingerprint density at radius 1 is 1.22 bits per heavy atom. The van der Waals surface area contributed by atoms with Gasteiger partial charge < -0.3 is 19.7 Å². The van der Waals surface area contributed by atoms with Gasteiger partial charge in [-0.2, -0.15) is 5.10 Å². The highest BCUT2D eigenvalue weighted by atomic mass is 16.5. The second-order valence-electron chi connectivity index (χ2n) is 8.50. The standard InChI is InChI=1S/C23H28N4O5/c1-23(22(30)24-16-9-5-6-10-16)14-27-18(12-17(25-27)21(29)32-3)20(28)26(23)13-15-8-4-7-11-19(15)31-2/h4,7-8,11-12,16H,5-6,9-10,13-14H2,1-3H3,(H,24,30)/t23-/m0/s1. The quantitative estimate of drug-likeness (QED) is 0.691. The third kappa shape index (κ3) is 3.83. The van der Waals surface area contributed by atoms with E-state index in [1.165, 1.54) is 17.9 Å². The molecule has 1 aromatic carbocycles. The maximum Gasteiger partial charge on any atom is 0.358 e. The maximum atomic E-state index is 13.6.